The molecular weight excluding hydrogens is 353 g/mol. The average molecular weight is 381 g/mol. The molecule has 0 atom stereocenters. The Morgan fingerprint density at radius 1 is 1.21 bits per heavy atom. The number of ether oxygens (including phenoxy) is 1. The van der Waals surface area contributed by atoms with Gasteiger partial charge in [0.05, 0.1) is 13.2 Å². The maximum absolute atomic E-state index is 5.59. The summed E-state index contributed by atoms with van der Waals surface area (Å²) in [7, 11) is 0. The second-order valence-corrected chi connectivity index (χ2v) is 5.40. The van der Waals surface area contributed by atoms with E-state index in [-0.39, 0.29) is 24.0 Å². The first-order valence-corrected chi connectivity index (χ1v) is 7.51. The molecule has 2 N–H and O–H groups in total. The number of halogens is 1. The van der Waals surface area contributed by atoms with Crippen LogP contribution in [-0.2, 0) is 4.74 Å². The molecule has 5 heteroatoms. The monoisotopic (exact) mass is 381 g/mol. The fraction of sp³-hybridized carbons (Fsp3) is 0.929. The van der Waals surface area contributed by atoms with Crippen LogP contribution >= 0.6 is 24.0 Å². The Morgan fingerprint density at radius 3 is 2.58 bits per heavy atom. The van der Waals surface area contributed by atoms with E-state index in [0.717, 1.165) is 38.2 Å². The summed E-state index contributed by atoms with van der Waals surface area (Å²) in [5, 5.41) is 6.82. The number of rotatable bonds is 7. The minimum atomic E-state index is 0. The molecule has 0 radical (unpaired) electrons. The third-order valence-electron chi connectivity index (χ3n) is 3.60. The Bertz CT molecular complexity index is 263. The van der Waals surface area contributed by atoms with Crippen molar-refractivity contribution in [3.8, 4) is 0 Å². The fourth-order valence-corrected chi connectivity index (χ4v) is 2.34. The van der Waals surface area contributed by atoms with Crippen molar-refractivity contribution >= 4 is 29.9 Å². The molecule has 0 aliphatic heterocycles. The van der Waals surface area contributed by atoms with Gasteiger partial charge in [0, 0.05) is 19.2 Å². The quantitative estimate of drug-likeness (QED) is 0.308. The van der Waals surface area contributed by atoms with Gasteiger partial charge in [0.1, 0.15) is 0 Å². The molecule has 2 aliphatic carbocycles. The molecular formula is C14H28IN3O. The van der Waals surface area contributed by atoms with Gasteiger partial charge in [-0.3, -0.25) is 4.99 Å². The summed E-state index contributed by atoms with van der Waals surface area (Å²) in [6, 6.07) is 0.621. The van der Waals surface area contributed by atoms with Gasteiger partial charge in [-0.05, 0) is 38.5 Å². The molecule has 0 heterocycles. The van der Waals surface area contributed by atoms with Crippen molar-refractivity contribution in [2.75, 3.05) is 26.3 Å². The van der Waals surface area contributed by atoms with Gasteiger partial charge in [-0.15, -0.1) is 24.0 Å². The summed E-state index contributed by atoms with van der Waals surface area (Å²) < 4.78 is 5.59. The van der Waals surface area contributed by atoms with Gasteiger partial charge in [-0.1, -0.05) is 12.8 Å². The van der Waals surface area contributed by atoms with Gasteiger partial charge < -0.3 is 15.4 Å². The zero-order valence-electron chi connectivity index (χ0n) is 12.0. The van der Waals surface area contributed by atoms with Crippen LogP contribution in [0.4, 0.5) is 0 Å². The minimum absolute atomic E-state index is 0. The number of guanidine groups is 1. The molecule has 112 valence electrons. The zero-order valence-corrected chi connectivity index (χ0v) is 14.3. The van der Waals surface area contributed by atoms with Crippen molar-refractivity contribution in [1.29, 1.82) is 0 Å². The lowest BCUT2D eigenvalue weighted by molar-refractivity contribution is 0.131. The molecule has 0 aromatic heterocycles. The van der Waals surface area contributed by atoms with Crippen molar-refractivity contribution < 1.29 is 4.74 Å². The SMILES string of the molecule is CCNC(=NCCOCC1CC1)NC1CCCC1.I. The van der Waals surface area contributed by atoms with Gasteiger partial charge in [0.25, 0.3) is 0 Å². The highest BCUT2D eigenvalue weighted by molar-refractivity contribution is 14.0. The highest BCUT2D eigenvalue weighted by atomic mass is 127. The fourth-order valence-electron chi connectivity index (χ4n) is 2.34. The van der Waals surface area contributed by atoms with Gasteiger partial charge in [-0.2, -0.15) is 0 Å². The van der Waals surface area contributed by atoms with E-state index >= 15 is 0 Å². The maximum atomic E-state index is 5.59. The predicted molar refractivity (Wildman–Crippen MR) is 90.3 cm³/mol. The lowest BCUT2D eigenvalue weighted by Gasteiger charge is -2.16. The Kier molecular flexibility index (Phi) is 8.77. The van der Waals surface area contributed by atoms with Crippen LogP contribution in [0.3, 0.4) is 0 Å². The van der Waals surface area contributed by atoms with E-state index in [1.807, 2.05) is 0 Å². The molecule has 0 amide bonds. The Labute approximate surface area is 134 Å². The van der Waals surface area contributed by atoms with Gasteiger partial charge >= 0.3 is 0 Å². The van der Waals surface area contributed by atoms with Gasteiger partial charge in [-0.25, -0.2) is 0 Å². The summed E-state index contributed by atoms with van der Waals surface area (Å²) in [5.41, 5.74) is 0. The van der Waals surface area contributed by atoms with E-state index in [1.165, 1.54) is 38.5 Å². The molecule has 2 rings (SSSR count). The van der Waals surface area contributed by atoms with Crippen molar-refractivity contribution in [1.82, 2.24) is 10.6 Å². The topological polar surface area (TPSA) is 45.7 Å². The van der Waals surface area contributed by atoms with Crippen LogP contribution in [-0.4, -0.2) is 38.3 Å². The number of hydrogen-bond donors (Lipinski definition) is 2. The second-order valence-electron chi connectivity index (χ2n) is 5.40. The summed E-state index contributed by atoms with van der Waals surface area (Å²) in [6.45, 7) is 5.46. The molecule has 2 fully saturated rings. The van der Waals surface area contributed by atoms with E-state index in [2.05, 4.69) is 22.5 Å². The summed E-state index contributed by atoms with van der Waals surface area (Å²) in [6.07, 6.45) is 7.97. The second kappa shape index (κ2) is 9.80. The molecule has 0 aromatic rings. The molecule has 0 saturated heterocycles. The molecule has 0 spiro atoms. The van der Waals surface area contributed by atoms with E-state index in [0.29, 0.717) is 6.04 Å². The first kappa shape index (κ1) is 17.0. The number of hydrogen-bond acceptors (Lipinski definition) is 2. The molecule has 4 nitrogen and oxygen atoms in total. The van der Waals surface area contributed by atoms with Crippen molar-refractivity contribution in [3.05, 3.63) is 0 Å². The van der Waals surface area contributed by atoms with Gasteiger partial charge in [0.15, 0.2) is 5.96 Å². The van der Waals surface area contributed by atoms with E-state index in [9.17, 15) is 0 Å². The first-order chi connectivity index (χ1) is 8.88. The number of aliphatic imine (C=N–C) groups is 1. The third-order valence-corrected chi connectivity index (χ3v) is 3.60. The van der Waals surface area contributed by atoms with E-state index < -0.39 is 0 Å². The summed E-state index contributed by atoms with van der Waals surface area (Å²) in [4.78, 5) is 4.56. The molecule has 0 bridgehead atoms. The normalized spacial score (nSPS) is 20.2. The van der Waals surface area contributed by atoms with Crippen LogP contribution in [0.5, 0.6) is 0 Å². The van der Waals surface area contributed by atoms with E-state index in [4.69, 9.17) is 4.74 Å². The number of nitrogens with one attached hydrogen (secondary N) is 2. The molecule has 19 heavy (non-hydrogen) atoms. The average Bonchev–Trinajstić information content (AvgIpc) is 3.05. The maximum Gasteiger partial charge on any atom is 0.191 e. The molecule has 0 unspecified atom stereocenters. The Hall–Kier alpha value is -0.0400. The molecule has 0 aromatic carbocycles. The standard InChI is InChI=1S/C14H27N3O.HI/c1-2-15-14(17-13-5-3-4-6-13)16-9-10-18-11-12-7-8-12;/h12-13H,2-11H2,1H3,(H2,15,16,17);1H. The van der Waals surface area contributed by atoms with Crippen molar-refractivity contribution in [2.45, 2.75) is 51.5 Å². The highest BCUT2D eigenvalue weighted by Crippen LogP contribution is 2.28. The Morgan fingerprint density at radius 2 is 1.95 bits per heavy atom. The van der Waals surface area contributed by atoms with Crippen molar-refractivity contribution in [2.24, 2.45) is 10.9 Å². The smallest absolute Gasteiger partial charge is 0.191 e. The van der Waals surface area contributed by atoms with Crippen LogP contribution in [0.2, 0.25) is 0 Å². The van der Waals surface area contributed by atoms with Crippen LogP contribution in [0.15, 0.2) is 4.99 Å². The van der Waals surface area contributed by atoms with Crippen LogP contribution < -0.4 is 10.6 Å². The lowest BCUT2D eigenvalue weighted by Crippen LogP contribution is -2.42. The zero-order chi connectivity index (χ0) is 12.6. The summed E-state index contributed by atoms with van der Waals surface area (Å²) >= 11 is 0. The van der Waals surface area contributed by atoms with E-state index in [1.54, 1.807) is 0 Å². The first-order valence-electron chi connectivity index (χ1n) is 7.51. The number of nitrogens with zero attached hydrogens (tertiary/aromatic N) is 1. The predicted octanol–water partition coefficient (Wildman–Crippen LogP) is 2.53. The largest absolute Gasteiger partial charge is 0.379 e. The van der Waals surface area contributed by atoms with Crippen molar-refractivity contribution in [3.63, 3.8) is 0 Å². The minimum Gasteiger partial charge on any atom is -0.379 e. The third kappa shape index (κ3) is 7.34. The highest BCUT2D eigenvalue weighted by Gasteiger charge is 2.20. The molecule has 2 saturated carbocycles. The van der Waals surface area contributed by atoms with Crippen LogP contribution in [0, 0.1) is 5.92 Å². The van der Waals surface area contributed by atoms with Crippen LogP contribution in [0.1, 0.15) is 45.4 Å². The Balaban J connectivity index is 0.00000180. The van der Waals surface area contributed by atoms with Gasteiger partial charge in [0.2, 0.25) is 0 Å². The summed E-state index contributed by atoms with van der Waals surface area (Å²) in [5.74, 6) is 1.80. The van der Waals surface area contributed by atoms with Crippen LogP contribution in [0.25, 0.3) is 0 Å². The molecule has 2 aliphatic rings. The lowest BCUT2D eigenvalue weighted by atomic mass is 10.2.